The summed E-state index contributed by atoms with van der Waals surface area (Å²) in [7, 11) is 0. The van der Waals surface area contributed by atoms with Crippen molar-refractivity contribution in [2.75, 3.05) is 39.3 Å². The Hall–Kier alpha value is -1.80. The average molecular weight is 406 g/mol. The second-order valence-electron chi connectivity index (χ2n) is 6.90. The highest BCUT2D eigenvalue weighted by Crippen LogP contribution is 2.30. The van der Waals surface area contributed by atoms with E-state index in [9.17, 15) is 22.8 Å². The molecule has 3 rings (SSSR count). The first-order valence-electron chi connectivity index (χ1n) is 8.73. The molecule has 2 heterocycles. The molecular weight excluding hydrogens is 383 g/mol. The van der Waals surface area contributed by atoms with E-state index in [2.05, 4.69) is 5.32 Å². The fourth-order valence-electron chi connectivity index (χ4n) is 3.30. The van der Waals surface area contributed by atoms with Gasteiger partial charge in [-0.05, 0) is 37.2 Å². The second-order valence-corrected chi connectivity index (χ2v) is 6.90. The Kier molecular flexibility index (Phi) is 6.75. The van der Waals surface area contributed by atoms with Gasteiger partial charge in [0.05, 0.1) is 5.56 Å². The third-order valence-corrected chi connectivity index (χ3v) is 5.23. The molecule has 150 valence electrons. The molecule has 0 spiro atoms. The number of carbonyl (C=O) groups excluding carboxylic acids is 2. The molecule has 1 aromatic rings. The Labute approximate surface area is 162 Å². The van der Waals surface area contributed by atoms with E-state index < -0.39 is 17.6 Å². The number of hydrogen-bond acceptors (Lipinski definition) is 3. The lowest BCUT2D eigenvalue weighted by Gasteiger charge is -2.39. The van der Waals surface area contributed by atoms with Gasteiger partial charge >= 0.3 is 6.18 Å². The summed E-state index contributed by atoms with van der Waals surface area (Å²) in [5.74, 6) is -0.0450. The number of alkyl halides is 3. The molecule has 0 aliphatic carbocycles. The van der Waals surface area contributed by atoms with E-state index in [0.717, 1.165) is 25.2 Å². The number of hydrogen-bond donors (Lipinski definition) is 1. The third kappa shape index (κ3) is 4.73. The van der Waals surface area contributed by atoms with Gasteiger partial charge in [-0.25, -0.2) is 0 Å². The average Bonchev–Trinajstić information content (AvgIpc) is 2.58. The van der Waals surface area contributed by atoms with Crippen molar-refractivity contribution in [3.63, 3.8) is 0 Å². The molecule has 2 aliphatic rings. The van der Waals surface area contributed by atoms with Crippen LogP contribution in [-0.2, 0) is 11.0 Å². The minimum absolute atomic E-state index is 0. The Balaban J connectivity index is 0.00000261. The van der Waals surface area contributed by atoms with Crippen LogP contribution in [-0.4, -0.2) is 60.9 Å². The molecule has 2 aliphatic heterocycles. The van der Waals surface area contributed by atoms with Gasteiger partial charge in [0.1, 0.15) is 0 Å². The summed E-state index contributed by atoms with van der Waals surface area (Å²) in [6.07, 6.45) is -4.48. The fraction of sp³-hybridized carbons (Fsp3) is 0.556. The van der Waals surface area contributed by atoms with E-state index in [0.29, 0.717) is 32.1 Å². The van der Waals surface area contributed by atoms with E-state index >= 15 is 0 Å². The van der Waals surface area contributed by atoms with Crippen molar-refractivity contribution in [1.82, 2.24) is 15.1 Å². The van der Waals surface area contributed by atoms with Crippen molar-refractivity contribution in [2.24, 2.45) is 11.8 Å². The maximum Gasteiger partial charge on any atom is 0.416 e. The lowest BCUT2D eigenvalue weighted by Crippen LogP contribution is -2.55. The van der Waals surface area contributed by atoms with E-state index in [-0.39, 0.29) is 29.8 Å². The lowest BCUT2D eigenvalue weighted by molar-refractivity contribution is -0.139. The van der Waals surface area contributed by atoms with Crippen molar-refractivity contribution >= 4 is 24.2 Å². The Morgan fingerprint density at radius 2 is 1.70 bits per heavy atom. The zero-order valence-corrected chi connectivity index (χ0v) is 15.8. The molecule has 1 unspecified atom stereocenters. The van der Waals surface area contributed by atoms with Gasteiger partial charge in [-0.15, -0.1) is 12.4 Å². The standard InChI is InChI=1S/C18H22F3N3O2.ClH/c1-12(14-10-22-11-14)16(25)23-5-7-24(8-6-23)17(26)13-3-2-4-15(9-13)18(19,20)21;/h2-4,9,12,14,22H,5-8,10-11H2,1H3;1H. The number of carbonyl (C=O) groups is 2. The molecule has 2 saturated heterocycles. The second kappa shape index (κ2) is 8.48. The summed E-state index contributed by atoms with van der Waals surface area (Å²) >= 11 is 0. The SMILES string of the molecule is CC(C(=O)N1CCN(C(=O)c2cccc(C(F)(F)F)c2)CC1)C1CNC1.Cl. The van der Waals surface area contributed by atoms with Crippen molar-refractivity contribution in [3.05, 3.63) is 35.4 Å². The van der Waals surface area contributed by atoms with Crippen LogP contribution in [0.25, 0.3) is 0 Å². The predicted molar refractivity (Wildman–Crippen MR) is 96.7 cm³/mol. The first-order valence-corrected chi connectivity index (χ1v) is 8.73. The van der Waals surface area contributed by atoms with Crippen LogP contribution < -0.4 is 5.32 Å². The number of halogens is 4. The summed E-state index contributed by atoms with van der Waals surface area (Å²) in [5, 5.41) is 3.15. The van der Waals surface area contributed by atoms with Gasteiger partial charge in [-0.3, -0.25) is 9.59 Å². The summed E-state index contributed by atoms with van der Waals surface area (Å²) in [6.45, 7) is 5.10. The number of nitrogens with one attached hydrogen (secondary N) is 1. The van der Waals surface area contributed by atoms with Crippen LogP contribution in [0.3, 0.4) is 0 Å². The monoisotopic (exact) mass is 405 g/mol. The summed E-state index contributed by atoms with van der Waals surface area (Å²) in [4.78, 5) is 28.3. The van der Waals surface area contributed by atoms with Crippen LogP contribution in [0, 0.1) is 11.8 Å². The number of amides is 2. The first-order chi connectivity index (χ1) is 12.3. The van der Waals surface area contributed by atoms with Gasteiger partial charge in [-0.2, -0.15) is 13.2 Å². The van der Waals surface area contributed by atoms with Gasteiger partial charge in [0.2, 0.25) is 5.91 Å². The maximum absolute atomic E-state index is 12.8. The smallest absolute Gasteiger partial charge is 0.339 e. The Morgan fingerprint density at radius 3 is 2.22 bits per heavy atom. The molecule has 1 N–H and O–H groups in total. The van der Waals surface area contributed by atoms with Gasteiger partial charge in [0, 0.05) is 37.7 Å². The van der Waals surface area contributed by atoms with Crippen LogP contribution in [0.1, 0.15) is 22.8 Å². The van der Waals surface area contributed by atoms with Gasteiger partial charge in [0.15, 0.2) is 0 Å². The summed E-state index contributed by atoms with van der Waals surface area (Å²) < 4.78 is 38.4. The minimum Gasteiger partial charge on any atom is -0.339 e. The molecule has 5 nitrogen and oxygen atoms in total. The highest BCUT2D eigenvalue weighted by atomic mass is 35.5. The maximum atomic E-state index is 12.8. The van der Waals surface area contributed by atoms with Crippen molar-refractivity contribution in [2.45, 2.75) is 13.1 Å². The molecule has 0 bridgehead atoms. The van der Waals surface area contributed by atoms with Crippen LogP contribution in [0.15, 0.2) is 24.3 Å². The zero-order chi connectivity index (χ0) is 18.9. The fourth-order valence-corrected chi connectivity index (χ4v) is 3.30. The Morgan fingerprint density at radius 1 is 1.11 bits per heavy atom. The van der Waals surface area contributed by atoms with E-state index in [4.69, 9.17) is 0 Å². The topological polar surface area (TPSA) is 52.7 Å². The van der Waals surface area contributed by atoms with Crippen molar-refractivity contribution in [3.8, 4) is 0 Å². The predicted octanol–water partition coefficient (Wildman–Crippen LogP) is 2.27. The Bertz CT molecular complexity index is 687. The number of piperazine rings is 1. The molecule has 0 aromatic heterocycles. The molecule has 9 heteroatoms. The molecule has 2 fully saturated rings. The molecular formula is C18H23ClF3N3O2. The van der Waals surface area contributed by atoms with Crippen LogP contribution in [0.5, 0.6) is 0 Å². The van der Waals surface area contributed by atoms with Crippen molar-refractivity contribution in [1.29, 1.82) is 0 Å². The van der Waals surface area contributed by atoms with E-state index in [1.54, 1.807) is 4.90 Å². The molecule has 0 radical (unpaired) electrons. The van der Waals surface area contributed by atoms with E-state index in [1.807, 2.05) is 6.92 Å². The minimum atomic E-state index is -4.48. The largest absolute Gasteiger partial charge is 0.416 e. The zero-order valence-electron chi connectivity index (χ0n) is 15.0. The third-order valence-electron chi connectivity index (χ3n) is 5.23. The molecule has 0 saturated carbocycles. The number of nitrogens with zero attached hydrogens (tertiary/aromatic N) is 2. The quantitative estimate of drug-likeness (QED) is 0.839. The lowest BCUT2D eigenvalue weighted by atomic mass is 9.88. The number of benzene rings is 1. The van der Waals surface area contributed by atoms with Crippen LogP contribution in [0.4, 0.5) is 13.2 Å². The molecule has 1 atom stereocenters. The number of rotatable bonds is 3. The molecule has 27 heavy (non-hydrogen) atoms. The highest BCUT2D eigenvalue weighted by Gasteiger charge is 2.34. The van der Waals surface area contributed by atoms with Gasteiger partial charge < -0.3 is 15.1 Å². The first kappa shape index (κ1) is 21.5. The van der Waals surface area contributed by atoms with Crippen molar-refractivity contribution < 1.29 is 22.8 Å². The van der Waals surface area contributed by atoms with Crippen LogP contribution >= 0.6 is 12.4 Å². The van der Waals surface area contributed by atoms with Gasteiger partial charge in [0.25, 0.3) is 5.91 Å². The molecule has 2 amide bonds. The van der Waals surface area contributed by atoms with E-state index in [1.165, 1.54) is 17.0 Å². The summed E-state index contributed by atoms with van der Waals surface area (Å²) in [5.41, 5.74) is -0.811. The molecule has 1 aromatic carbocycles. The summed E-state index contributed by atoms with van der Waals surface area (Å²) in [6, 6.07) is 4.46. The van der Waals surface area contributed by atoms with Gasteiger partial charge in [-0.1, -0.05) is 13.0 Å². The van der Waals surface area contributed by atoms with Crippen LogP contribution in [0.2, 0.25) is 0 Å². The highest BCUT2D eigenvalue weighted by molar-refractivity contribution is 5.94. The normalized spacial score (nSPS) is 19.1.